The van der Waals surface area contributed by atoms with Gasteiger partial charge in [-0.05, 0) is 50.8 Å². The molecule has 0 radical (unpaired) electrons. The Morgan fingerprint density at radius 1 is 1.15 bits per heavy atom. The highest BCUT2D eigenvalue weighted by atomic mass is 16.5. The molecule has 3 heterocycles. The van der Waals surface area contributed by atoms with Gasteiger partial charge in [-0.1, -0.05) is 12.8 Å². The van der Waals surface area contributed by atoms with E-state index in [1.54, 1.807) is 19.1 Å². The van der Waals surface area contributed by atoms with Crippen LogP contribution >= 0.6 is 0 Å². The molecule has 0 unspecified atom stereocenters. The van der Waals surface area contributed by atoms with Crippen LogP contribution in [0.5, 0.6) is 11.5 Å². The second kappa shape index (κ2) is 8.56. The van der Waals surface area contributed by atoms with Crippen LogP contribution in [0, 0.1) is 0 Å². The van der Waals surface area contributed by atoms with Gasteiger partial charge in [0.25, 0.3) is 5.91 Å². The lowest BCUT2D eigenvalue weighted by Crippen LogP contribution is -2.65. The van der Waals surface area contributed by atoms with Gasteiger partial charge in [-0.15, -0.1) is 0 Å². The van der Waals surface area contributed by atoms with Crippen LogP contribution in [-0.4, -0.2) is 66.3 Å². The Hall–Kier alpha value is -2.74. The SMILES string of the molecule is COc1ccc(OC)c2c1cc1n2C[C@@](C)(C(=O)NC2CCCC2)N(C[C@H]2CCCO2)C1=O. The van der Waals surface area contributed by atoms with Crippen molar-refractivity contribution in [3.05, 3.63) is 23.9 Å². The van der Waals surface area contributed by atoms with E-state index in [0.717, 1.165) is 49.4 Å². The zero-order valence-corrected chi connectivity index (χ0v) is 19.7. The molecule has 1 aromatic heterocycles. The van der Waals surface area contributed by atoms with Crippen LogP contribution in [0.15, 0.2) is 18.2 Å². The van der Waals surface area contributed by atoms with Gasteiger partial charge in [-0.25, -0.2) is 0 Å². The monoisotopic (exact) mass is 455 g/mol. The zero-order chi connectivity index (χ0) is 23.2. The van der Waals surface area contributed by atoms with Gasteiger partial charge in [0.2, 0.25) is 5.91 Å². The van der Waals surface area contributed by atoms with Gasteiger partial charge in [0.15, 0.2) is 0 Å². The largest absolute Gasteiger partial charge is 0.496 e. The van der Waals surface area contributed by atoms with Gasteiger partial charge in [0.1, 0.15) is 22.7 Å². The van der Waals surface area contributed by atoms with Gasteiger partial charge >= 0.3 is 0 Å². The fraction of sp³-hybridized carbons (Fsp3) is 0.600. The second-order valence-electron chi connectivity index (χ2n) is 9.63. The summed E-state index contributed by atoms with van der Waals surface area (Å²) >= 11 is 0. The highest BCUT2D eigenvalue weighted by molar-refractivity contribution is 6.06. The fourth-order valence-corrected chi connectivity index (χ4v) is 5.64. The van der Waals surface area contributed by atoms with Crippen LogP contribution in [0.3, 0.4) is 0 Å². The first-order chi connectivity index (χ1) is 16.0. The molecule has 2 atom stereocenters. The summed E-state index contributed by atoms with van der Waals surface area (Å²) in [7, 11) is 3.23. The smallest absolute Gasteiger partial charge is 0.271 e. The molecule has 1 N–H and O–H groups in total. The Morgan fingerprint density at radius 2 is 1.88 bits per heavy atom. The predicted molar refractivity (Wildman–Crippen MR) is 124 cm³/mol. The number of methoxy groups -OCH3 is 2. The summed E-state index contributed by atoms with van der Waals surface area (Å²) in [6, 6.07) is 5.71. The van der Waals surface area contributed by atoms with Crippen molar-refractivity contribution in [1.29, 1.82) is 0 Å². The number of amides is 2. The summed E-state index contributed by atoms with van der Waals surface area (Å²) in [6.45, 7) is 3.33. The molecule has 1 saturated heterocycles. The predicted octanol–water partition coefficient (Wildman–Crippen LogP) is 3.11. The molecule has 0 bridgehead atoms. The van der Waals surface area contributed by atoms with Crippen molar-refractivity contribution >= 4 is 22.7 Å². The standard InChI is InChI=1S/C25H33N3O5/c1-25(24(30)26-16-7-4-5-8-16)15-27-19(23(29)28(25)14-17-9-6-12-33-17)13-18-20(31-2)10-11-21(32-3)22(18)27/h10-11,13,16-17H,4-9,12,14-15H2,1-3H3,(H,26,30)/t17-,25+/m1/s1. The summed E-state index contributed by atoms with van der Waals surface area (Å²) in [5, 5.41) is 4.05. The van der Waals surface area contributed by atoms with Gasteiger partial charge in [0, 0.05) is 24.6 Å². The molecule has 1 aliphatic carbocycles. The molecule has 2 aliphatic heterocycles. The highest BCUT2D eigenvalue weighted by Gasteiger charge is 2.49. The maximum absolute atomic E-state index is 13.9. The summed E-state index contributed by atoms with van der Waals surface area (Å²) in [5.74, 6) is 1.05. The minimum absolute atomic E-state index is 0.0486. The number of carbonyl (C=O) groups excluding carboxylic acids is 2. The zero-order valence-electron chi connectivity index (χ0n) is 19.7. The van der Waals surface area contributed by atoms with Crippen LogP contribution in [0.25, 0.3) is 10.9 Å². The van der Waals surface area contributed by atoms with Gasteiger partial charge in [0.05, 0.1) is 32.4 Å². The minimum atomic E-state index is -1.04. The molecule has 1 aromatic carbocycles. The molecule has 0 spiro atoms. The van der Waals surface area contributed by atoms with E-state index >= 15 is 0 Å². The highest BCUT2D eigenvalue weighted by Crippen LogP contribution is 2.40. The van der Waals surface area contributed by atoms with E-state index in [2.05, 4.69) is 5.32 Å². The third kappa shape index (κ3) is 3.64. The van der Waals surface area contributed by atoms with E-state index in [9.17, 15) is 9.59 Å². The van der Waals surface area contributed by atoms with Crippen LogP contribution in [0.1, 0.15) is 55.9 Å². The van der Waals surface area contributed by atoms with Gasteiger partial charge in [-0.2, -0.15) is 0 Å². The molecule has 2 amide bonds. The van der Waals surface area contributed by atoms with Crippen LogP contribution in [-0.2, 0) is 16.1 Å². The van der Waals surface area contributed by atoms with Crippen molar-refractivity contribution in [2.45, 2.75) is 69.7 Å². The number of nitrogens with zero attached hydrogens (tertiary/aromatic N) is 2. The Balaban J connectivity index is 1.60. The van der Waals surface area contributed by atoms with E-state index in [0.29, 0.717) is 36.9 Å². The number of hydrogen-bond acceptors (Lipinski definition) is 5. The molecule has 5 rings (SSSR count). The van der Waals surface area contributed by atoms with Gasteiger partial charge < -0.3 is 29.0 Å². The van der Waals surface area contributed by atoms with Crippen molar-refractivity contribution in [3.8, 4) is 11.5 Å². The number of fused-ring (bicyclic) bond motifs is 3. The summed E-state index contributed by atoms with van der Waals surface area (Å²) in [5.41, 5.74) is 0.271. The summed E-state index contributed by atoms with van der Waals surface area (Å²) in [4.78, 5) is 29.4. The van der Waals surface area contributed by atoms with Crippen LogP contribution < -0.4 is 14.8 Å². The van der Waals surface area contributed by atoms with E-state index in [1.165, 1.54) is 0 Å². The van der Waals surface area contributed by atoms with E-state index in [1.807, 2.05) is 29.7 Å². The molecular weight excluding hydrogens is 422 g/mol. The number of ether oxygens (including phenoxy) is 3. The topological polar surface area (TPSA) is 82.0 Å². The van der Waals surface area contributed by atoms with Crippen molar-refractivity contribution in [3.63, 3.8) is 0 Å². The number of hydrogen-bond donors (Lipinski definition) is 1. The lowest BCUT2D eigenvalue weighted by atomic mass is 9.93. The Morgan fingerprint density at radius 3 is 2.55 bits per heavy atom. The van der Waals surface area contributed by atoms with Crippen molar-refractivity contribution in [1.82, 2.24) is 14.8 Å². The Labute approximate surface area is 194 Å². The average molecular weight is 456 g/mol. The van der Waals surface area contributed by atoms with Crippen LogP contribution in [0.4, 0.5) is 0 Å². The lowest BCUT2D eigenvalue weighted by Gasteiger charge is -2.45. The molecule has 8 nitrogen and oxygen atoms in total. The molecule has 1 saturated carbocycles. The van der Waals surface area contributed by atoms with Gasteiger partial charge in [-0.3, -0.25) is 9.59 Å². The summed E-state index contributed by atoms with van der Waals surface area (Å²) < 4.78 is 19.0. The Bertz CT molecular complexity index is 1070. The average Bonchev–Trinajstić information content (AvgIpc) is 3.58. The first kappa shape index (κ1) is 22.1. The number of benzene rings is 1. The molecular formula is C25H33N3O5. The molecule has 2 aromatic rings. The first-order valence-electron chi connectivity index (χ1n) is 11.9. The maximum Gasteiger partial charge on any atom is 0.271 e. The van der Waals surface area contributed by atoms with E-state index in [4.69, 9.17) is 14.2 Å². The van der Waals surface area contributed by atoms with Crippen molar-refractivity contribution in [2.24, 2.45) is 0 Å². The van der Waals surface area contributed by atoms with Crippen molar-refractivity contribution in [2.75, 3.05) is 27.4 Å². The van der Waals surface area contributed by atoms with E-state index < -0.39 is 5.54 Å². The fourth-order valence-electron chi connectivity index (χ4n) is 5.64. The maximum atomic E-state index is 13.9. The Kier molecular flexibility index (Phi) is 5.72. The van der Waals surface area contributed by atoms with Crippen LogP contribution in [0.2, 0.25) is 0 Å². The normalized spacial score (nSPS) is 25.5. The minimum Gasteiger partial charge on any atom is -0.496 e. The summed E-state index contributed by atoms with van der Waals surface area (Å²) in [6.07, 6.45) is 6.07. The number of aromatic nitrogens is 1. The molecule has 178 valence electrons. The quantitative estimate of drug-likeness (QED) is 0.724. The molecule has 8 heteroatoms. The third-order valence-corrected chi connectivity index (χ3v) is 7.54. The number of nitrogens with one attached hydrogen (secondary N) is 1. The van der Waals surface area contributed by atoms with E-state index in [-0.39, 0.29) is 24.0 Å². The van der Waals surface area contributed by atoms with Crippen molar-refractivity contribution < 1.29 is 23.8 Å². The first-order valence-corrected chi connectivity index (χ1v) is 11.9. The lowest BCUT2D eigenvalue weighted by molar-refractivity contribution is -0.134. The third-order valence-electron chi connectivity index (χ3n) is 7.54. The number of rotatable bonds is 6. The number of carbonyl (C=O) groups is 2. The molecule has 3 aliphatic rings. The molecule has 2 fully saturated rings. The second-order valence-corrected chi connectivity index (χ2v) is 9.63. The molecule has 33 heavy (non-hydrogen) atoms.